The van der Waals surface area contributed by atoms with Crippen molar-refractivity contribution in [3.8, 4) is 11.5 Å². The van der Waals surface area contributed by atoms with E-state index in [0.717, 1.165) is 34.6 Å². The highest BCUT2D eigenvalue weighted by atomic mass is 79.9. The quantitative estimate of drug-likeness (QED) is 0.898. The first-order chi connectivity index (χ1) is 9.78. The fourth-order valence-electron chi connectivity index (χ4n) is 2.05. The second kappa shape index (κ2) is 5.87. The van der Waals surface area contributed by atoms with E-state index < -0.39 is 0 Å². The summed E-state index contributed by atoms with van der Waals surface area (Å²) in [6, 6.07) is 5.94. The third-order valence-electron chi connectivity index (χ3n) is 3.27. The van der Waals surface area contributed by atoms with E-state index in [-0.39, 0.29) is 0 Å². The molecule has 2 aromatic heterocycles. The van der Waals surface area contributed by atoms with E-state index in [1.165, 1.54) is 12.8 Å². The first-order valence-electron chi connectivity index (χ1n) is 7.01. The van der Waals surface area contributed by atoms with Gasteiger partial charge >= 0.3 is 0 Å². The summed E-state index contributed by atoms with van der Waals surface area (Å²) >= 11 is 3.52. The zero-order valence-electron chi connectivity index (χ0n) is 11.4. The summed E-state index contributed by atoms with van der Waals surface area (Å²) in [7, 11) is 0. The lowest BCUT2D eigenvalue weighted by molar-refractivity contribution is 0.945. The molecule has 1 aliphatic rings. The van der Waals surface area contributed by atoms with E-state index in [9.17, 15) is 0 Å². The van der Waals surface area contributed by atoms with Crippen LogP contribution in [0.15, 0.2) is 28.9 Å². The number of rotatable bonds is 5. The zero-order valence-corrected chi connectivity index (χ0v) is 13.0. The number of hydrogen-bond acceptors (Lipinski definition) is 4. The first-order valence-corrected chi connectivity index (χ1v) is 7.81. The average Bonchev–Trinajstić information content (AvgIpc) is 3.30. The topological polar surface area (TPSA) is 50.7 Å². The maximum atomic E-state index is 4.69. The Kier molecular flexibility index (Phi) is 3.96. The Bertz CT molecular complexity index is 611. The summed E-state index contributed by atoms with van der Waals surface area (Å²) in [5.41, 5.74) is 1.93. The third-order valence-corrected chi connectivity index (χ3v) is 3.91. The molecule has 0 aliphatic heterocycles. The van der Waals surface area contributed by atoms with Gasteiger partial charge in [-0.1, -0.05) is 6.92 Å². The standard InChI is InChI=1S/C15H17BrN4/c1-2-7-17-13-9-12(10-5-6-10)19-15(20-13)14-11(16)4-3-8-18-14/h3-4,8-10H,2,5-7H2,1H3,(H,17,19,20). The minimum Gasteiger partial charge on any atom is -0.370 e. The molecule has 0 bridgehead atoms. The van der Waals surface area contributed by atoms with Crippen LogP contribution < -0.4 is 5.32 Å². The molecule has 4 nitrogen and oxygen atoms in total. The van der Waals surface area contributed by atoms with E-state index in [4.69, 9.17) is 4.98 Å². The molecule has 0 unspecified atom stereocenters. The maximum Gasteiger partial charge on any atom is 0.181 e. The van der Waals surface area contributed by atoms with Crippen molar-refractivity contribution in [1.82, 2.24) is 15.0 Å². The second-order valence-electron chi connectivity index (χ2n) is 5.04. The fraction of sp³-hybridized carbons (Fsp3) is 0.400. The lowest BCUT2D eigenvalue weighted by Gasteiger charge is -2.09. The summed E-state index contributed by atoms with van der Waals surface area (Å²) in [6.45, 7) is 3.07. The second-order valence-corrected chi connectivity index (χ2v) is 5.89. The number of anilines is 1. The van der Waals surface area contributed by atoms with Gasteiger partial charge in [0.05, 0.1) is 0 Å². The van der Waals surface area contributed by atoms with Crippen molar-refractivity contribution in [3.63, 3.8) is 0 Å². The molecule has 0 saturated heterocycles. The van der Waals surface area contributed by atoms with Crippen LogP contribution in [0, 0.1) is 0 Å². The molecule has 0 atom stereocenters. The summed E-state index contributed by atoms with van der Waals surface area (Å²) in [4.78, 5) is 13.7. The molecule has 1 fully saturated rings. The van der Waals surface area contributed by atoms with Crippen molar-refractivity contribution in [1.29, 1.82) is 0 Å². The van der Waals surface area contributed by atoms with Crippen LogP contribution in [0.1, 0.15) is 37.8 Å². The SMILES string of the molecule is CCCNc1cc(C2CC2)nc(-c2ncccc2Br)n1. The summed E-state index contributed by atoms with van der Waals surface area (Å²) in [6.07, 6.45) is 5.30. The lowest BCUT2D eigenvalue weighted by atomic mass is 10.2. The normalized spacial score (nSPS) is 14.3. The van der Waals surface area contributed by atoms with Gasteiger partial charge in [0.15, 0.2) is 5.82 Å². The van der Waals surface area contributed by atoms with E-state index in [1.807, 2.05) is 12.1 Å². The Morgan fingerprint density at radius 2 is 2.20 bits per heavy atom. The van der Waals surface area contributed by atoms with Gasteiger partial charge in [-0.05, 0) is 47.3 Å². The van der Waals surface area contributed by atoms with Crippen molar-refractivity contribution in [2.24, 2.45) is 0 Å². The Balaban J connectivity index is 2.00. The van der Waals surface area contributed by atoms with E-state index >= 15 is 0 Å². The van der Waals surface area contributed by atoms with Gasteiger partial charge in [0, 0.05) is 34.9 Å². The van der Waals surface area contributed by atoms with Gasteiger partial charge in [0.1, 0.15) is 11.5 Å². The van der Waals surface area contributed by atoms with Gasteiger partial charge in [-0.15, -0.1) is 0 Å². The molecule has 1 saturated carbocycles. The molecule has 5 heteroatoms. The highest BCUT2D eigenvalue weighted by molar-refractivity contribution is 9.10. The number of halogens is 1. The molecule has 0 aromatic carbocycles. The van der Waals surface area contributed by atoms with Gasteiger partial charge in [-0.25, -0.2) is 9.97 Å². The maximum absolute atomic E-state index is 4.69. The van der Waals surface area contributed by atoms with Crippen molar-refractivity contribution >= 4 is 21.7 Å². The monoisotopic (exact) mass is 332 g/mol. The molecule has 2 heterocycles. The smallest absolute Gasteiger partial charge is 0.181 e. The van der Waals surface area contributed by atoms with Crippen LogP contribution in [-0.2, 0) is 0 Å². The Morgan fingerprint density at radius 3 is 2.90 bits per heavy atom. The van der Waals surface area contributed by atoms with Crippen molar-refractivity contribution in [2.45, 2.75) is 32.1 Å². The minimum absolute atomic E-state index is 0.599. The Hall–Kier alpha value is -1.49. The Labute approximate surface area is 127 Å². The highest BCUT2D eigenvalue weighted by Crippen LogP contribution is 2.40. The van der Waals surface area contributed by atoms with E-state index in [0.29, 0.717) is 11.7 Å². The van der Waals surface area contributed by atoms with Crippen LogP contribution in [0.2, 0.25) is 0 Å². The number of nitrogens with zero attached hydrogens (tertiary/aromatic N) is 3. The molecule has 3 rings (SSSR count). The Morgan fingerprint density at radius 1 is 1.35 bits per heavy atom. The number of nitrogens with one attached hydrogen (secondary N) is 1. The number of hydrogen-bond donors (Lipinski definition) is 1. The largest absolute Gasteiger partial charge is 0.370 e. The van der Waals surface area contributed by atoms with Crippen molar-refractivity contribution in [3.05, 3.63) is 34.6 Å². The fourth-order valence-corrected chi connectivity index (χ4v) is 2.49. The van der Waals surface area contributed by atoms with Crippen LogP contribution in [0.3, 0.4) is 0 Å². The van der Waals surface area contributed by atoms with Crippen molar-refractivity contribution < 1.29 is 0 Å². The third kappa shape index (κ3) is 2.98. The van der Waals surface area contributed by atoms with Crippen LogP contribution in [-0.4, -0.2) is 21.5 Å². The van der Waals surface area contributed by atoms with Crippen molar-refractivity contribution in [2.75, 3.05) is 11.9 Å². The van der Waals surface area contributed by atoms with Crippen LogP contribution in [0.5, 0.6) is 0 Å². The number of pyridine rings is 1. The predicted molar refractivity (Wildman–Crippen MR) is 83.7 cm³/mol. The first kappa shape index (κ1) is 13.5. The molecule has 0 radical (unpaired) electrons. The lowest BCUT2D eigenvalue weighted by Crippen LogP contribution is -2.06. The van der Waals surface area contributed by atoms with E-state index in [1.54, 1.807) is 6.20 Å². The molecule has 20 heavy (non-hydrogen) atoms. The highest BCUT2D eigenvalue weighted by Gasteiger charge is 2.26. The summed E-state index contributed by atoms with van der Waals surface area (Å²) < 4.78 is 0.925. The molecule has 0 amide bonds. The summed E-state index contributed by atoms with van der Waals surface area (Å²) in [5, 5.41) is 3.35. The van der Waals surface area contributed by atoms with E-state index in [2.05, 4.69) is 44.2 Å². The molecular formula is C15H17BrN4. The van der Waals surface area contributed by atoms with Gasteiger partial charge in [0.25, 0.3) is 0 Å². The molecular weight excluding hydrogens is 316 g/mol. The minimum atomic E-state index is 0.599. The predicted octanol–water partition coefficient (Wildman–Crippen LogP) is 4.00. The molecule has 104 valence electrons. The van der Waals surface area contributed by atoms with Crippen LogP contribution in [0.25, 0.3) is 11.5 Å². The zero-order chi connectivity index (χ0) is 13.9. The molecule has 1 N–H and O–H groups in total. The van der Waals surface area contributed by atoms with Crippen LogP contribution >= 0.6 is 15.9 Å². The van der Waals surface area contributed by atoms with Gasteiger partial charge in [0.2, 0.25) is 0 Å². The van der Waals surface area contributed by atoms with Gasteiger partial charge in [-0.2, -0.15) is 0 Å². The number of aromatic nitrogens is 3. The van der Waals surface area contributed by atoms with Gasteiger partial charge in [-0.3, -0.25) is 4.98 Å². The summed E-state index contributed by atoms with van der Waals surface area (Å²) in [5.74, 6) is 2.19. The molecule has 2 aromatic rings. The molecule has 0 spiro atoms. The van der Waals surface area contributed by atoms with Gasteiger partial charge < -0.3 is 5.32 Å². The molecule has 1 aliphatic carbocycles. The van der Waals surface area contributed by atoms with Crippen LogP contribution in [0.4, 0.5) is 5.82 Å². The average molecular weight is 333 g/mol.